The molecular weight excluding hydrogens is 416 g/mol. The Morgan fingerprint density at radius 1 is 1.06 bits per heavy atom. The van der Waals surface area contributed by atoms with E-state index in [1.54, 1.807) is 0 Å². The van der Waals surface area contributed by atoms with Gasteiger partial charge in [-0.25, -0.2) is 5.48 Å². The number of benzene rings is 3. The summed E-state index contributed by atoms with van der Waals surface area (Å²) in [7, 11) is 1.45. The maximum Gasteiger partial charge on any atom is 0.290 e. The summed E-state index contributed by atoms with van der Waals surface area (Å²) < 4.78 is 0. The Balaban J connectivity index is 0.000000968. The Hall–Kier alpha value is -3.22. The molecule has 3 aromatic rings. The Labute approximate surface area is 194 Å². The number of amides is 1. The van der Waals surface area contributed by atoms with E-state index in [0.29, 0.717) is 23.6 Å². The van der Waals surface area contributed by atoms with Crippen molar-refractivity contribution >= 4 is 23.2 Å². The minimum absolute atomic E-state index is 0.212. The van der Waals surface area contributed by atoms with Gasteiger partial charge in [-0.1, -0.05) is 61.0 Å². The topological polar surface area (TPSA) is 87.7 Å². The van der Waals surface area contributed by atoms with Crippen LogP contribution in [0.25, 0.3) is 10.8 Å². The Kier molecular flexibility index (Phi) is 8.98. The van der Waals surface area contributed by atoms with Crippen LogP contribution in [0.4, 0.5) is 0 Å². The monoisotopic (exact) mass is 448 g/mol. The standard InChI is InChI=1S/C26H30N2O2.CH2O2/c1-18(24-12-6-8-20-7-3-4-11-25(20)24)27-23-10-5-9-22(17-23)19-13-15-21(16-14-19)26(29)28-30-2;2-1-3/h3-4,6-8,11-16,18,22-23,27H,5,9-10,17H2,1-2H3,(H,28,29);1H,(H,2,3)/t18-,22?,23?;/m1./s1. The molecule has 3 atom stereocenters. The lowest BCUT2D eigenvalue weighted by atomic mass is 9.80. The molecule has 1 fully saturated rings. The fraction of sp³-hybridized carbons (Fsp3) is 0.333. The highest BCUT2D eigenvalue weighted by molar-refractivity contribution is 5.93. The summed E-state index contributed by atoms with van der Waals surface area (Å²) in [6.45, 7) is 2.02. The van der Waals surface area contributed by atoms with Gasteiger partial charge in [0.25, 0.3) is 12.4 Å². The van der Waals surface area contributed by atoms with Crippen LogP contribution >= 0.6 is 0 Å². The third-order valence-electron chi connectivity index (χ3n) is 6.29. The molecule has 33 heavy (non-hydrogen) atoms. The van der Waals surface area contributed by atoms with Crippen LogP contribution in [0.3, 0.4) is 0 Å². The molecule has 0 heterocycles. The van der Waals surface area contributed by atoms with E-state index in [1.165, 1.54) is 48.3 Å². The van der Waals surface area contributed by atoms with Crippen LogP contribution in [-0.2, 0) is 9.63 Å². The second kappa shape index (κ2) is 12.1. The smallest absolute Gasteiger partial charge is 0.290 e. The van der Waals surface area contributed by atoms with Crippen molar-refractivity contribution in [3.63, 3.8) is 0 Å². The van der Waals surface area contributed by atoms with E-state index in [1.807, 2.05) is 12.1 Å². The van der Waals surface area contributed by atoms with E-state index >= 15 is 0 Å². The van der Waals surface area contributed by atoms with Gasteiger partial charge in [0, 0.05) is 17.6 Å². The molecule has 0 aliphatic heterocycles. The van der Waals surface area contributed by atoms with Crippen molar-refractivity contribution in [2.45, 2.75) is 50.6 Å². The fourth-order valence-corrected chi connectivity index (χ4v) is 4.77. The molecule has 6 nitrogen and oxygen atoms in total. The summed E-state index contributed by atoms with van der Waals surface area (Å²) in [5, 5.41) is 13.4. The van der Waals surface area contributed by atoms with Crippen LogP contribution in [0.5, 0.6) is 0 Å². The predicted molar refractivity (Wildman–Crippen MR) is 130 cm³/mol. The van der Waals surface area contributed by atoms with Gasteiger partial charge >= 0.3 is 0 Å². The lowest BCUT2D eigenvalue weighted by Gasteiger charge is -2.32. The van der Waals surface area contributed by atoms with Crippen LogP contribution in [-0.4, -0.2) is 30.6 Å². The van der Waals surface area contributed by atoms with E-state index in [-0.39, 0.29) is 12.4 Å². The maximum atomic E-state index is 11.9. The molecule has 0 bridgehead atoms. The molecular formula is C27H32N2O4. The van der Waals surface area contributed by atoms with Gasteiger partial charge in [0.05, 0.1) is 7.11 Å². The van der Waals surface area contributed by atoms with Gasteiger partial charge < -0.3 is 10.4 Å². The van der Waals surface area contributed by atoms with Crippen molar-refractivity contribution in [1.29, 1.82) is 0 Å². The molecule has 6 heteroatoms. The van der Waals surface area contributed by atoms with Crippen molar-refractivity contribution < 1.29 is 19.5 Å². The van der Waals surface area contributed by atoms with Crippen LogP contribution in [0.1, 0.15) is 66.1 Å². The van der Waals surface area contributed by atoms with Crippen molar-refractivity contribution in [1.82, 2.24) is 10.8 Å². The molecule has 4 rings (SSSR count). The van der Waals surface area contributed by atoms with Crippen LogP contribution < -0.4 is 10.8 Å². The van der Waals surface area contributed by atoms with E-state index < -0.39 is 0 Å². The average Bonchev–Trinajstić information content (AvgIpc) is 2.84. The Morgan fingerprint density at radius 2 is 1.76 bits per heavy atom. The number of hydroxylamine groups is 1. The summed E-state index contributed by atoms with van der Waals surface area (Å²) in [5.74, 6) is 0.312. The highest BCUT2D eigenvalue weighted by atomic mass is 16.6. The second-order valence-corrected chi connectivity index (χ2v) is 8.38. The van der Waals surface area contributed by atoms with Gasteiger partial charge in [0.2, 0.25) is 0 Å². The van der Waals surface area contributed by atoms with Gasteiger partial charge in [-0.15, -0.1) is 0 Å². The SMILES string of the molecule is CONC(=O)c1ccc(C2CCCC(N[C@H](C)c3cccc4ccccc34)C2)cc1.O=CO. The molecule has 0 radical (unpaired) electrons. The highest BCUT2D eigenvalue weighted by Gasteiger charge is 2.25. The van der Waals surface area contributed by atoms with E-state index in [0.717, 1.165) is 6.42 Å². The van der Waals surface area contributed by atoms with Crippen molar-refractivity contribution in [3.05, 3.63) is 83.4 Å². The molecule has 3 N–H and O–H groups in total. The van der Waals surface area contributed by atoms with E-state index in [9.17, 15) is 4.79 Å². The zero-order valence-electron chi connectivity index (χ0n) is 19.2. The third-order valence-corrected chi connectivity index (χ3v) is 6.29. The van der Waals surface area contributed by atoms with Gasteiger partial charge in [-0.2, -0.15) is 0 Å². The molecule has 174 valence electrons. The summed E-state index contributed by atoms with van der Waals surface area (Å²) in [6.07, 6.45) is 4.75. The lowest BCUT2D eigenvalue weighted by molar-refractivity contribution is -0.122. The molecule has 0 saturated heterocycles. The van der Waals surface area contributed by atoms with Gasteiger partial charge in [-0.3, -0.25) is 14.4 Å². The molecule has 0 aromatic heterocycles. The van der Waals surface area contributed by atoms with Gasteiger partial charge in [0.15, 0.2) is 0 Å². The maximum absolute atomic E-state index is 11.9. The highest BCUT2D eigenvalue weighted by Crippen LogP contribution is 2.34. The normalized spacial score (nSPS) is 18.6. The number of carbonyl (C=O) groups is 2. The Bertz CT molecular complexity index is 1050. The fourth-order valence-electron chi connectivity index (χ4n) is 4.77. The molecule has 1 aliphatic rings. The largest absolute Gasteiger partial charge is 0.483 e. The number of rotatable bonds is 6. The van der Waals surface area contributed by atoms with Crippen LogP contribution in [0.15, 0.2) is 66.7 Å². The summed E-state index contributed by atoms with van der Waals surface area (Å²) in [4.78, 5) is 25.0. The zero-order chi connectivity index (χ0) is 23.6. The average molecular weight is 449 g/mol. The van der Waals surface area contributed by atoms with Crippen molar-refractivity contribution in [2.75, 3.05) is 7.11 Å². The number of carbonyl (C=O) groups excluding carboxylic acids is 1. The first-order valence-corrected chi connectivity index (χ1v) is 11.3. The number of fused-ring (bicyclic) bond motifs is 1. The van der Waals surface area contributed by atoms with Crippen LogP contribution in [0.2, 0.25) is 0 Å². The molecule has 2 unspecified atom stereocenters. The lowest BCUT2D eigenvalue weighted by Crippen LogP contribution is -2.35. The van der Waals surface area contributed by atoms with E-state index in [2.05, 4.69) is 72.3 Å². The summed E-state index contributed by atoms with van der Waals surface area (Å²) in [5.41, 5.74) is 5.67. The molecule has 0 spiro atoms. The quantitative estimate of drug-likeness (QED) is 0.356. The first-order chi connectivity index (χ1) is 16.1. The molecule has 1 saturated carbocycles. The minimum atomic E-state index is -0.250. The first-order valence-electron chi connectivity index (χ1n) is 11.3. The number of nitrogens with one attached hydrogen (secondary N) is 2. The van der Waals surface area contributed by atoms with Gasteiger partial charge in [-0.05, 0) is 66.1 Å². The predicted octanol–water partition coefficient (Wildman–Crippen LogP) is 5.21. The van der Waals surface area contributed by atoms with E-state index in [4.69, 9.17) is 14.7 Å². The molecule has 1 aliphatic carbocycles. The summed E-state index contributed by atoms with van der Waals surface area (Å²) in [6, 6.07) is 23.9. The third kappa shape index (κ3) is 6.40. The summed E-state index contributed by atoms with van der Waals surface area (Å²) >= 11 is 0. The number of hydrogen-bond donors (Lipinski definition) is 3. The second-order valence-electron chi connectivity index (χ2n) is 8.38. The van der Waals surface area contributed by atoms with Crippen LogP contribution in [0, 0.1) is 0 Å². The van der Waals surface area contributed by atoms with Crippen molar-refractivity contribution in [3.8, 4) is 0 Å². The molecule has 3 aromatic carbocycles. The molecule has 1 amide bonds. The zero-order valence-corrected chi connectivity index (χ0v) is 19.2. The van der Waals surface area contributed by atoms with Gasteiger partial charge in [0.1, 0.15) is 0 Å². The number of carboxylic acid groups (broad SMARTS) is 1. The minimum Gasteiger partial charge on any atom is -0.483 e. The number of hydrogen-bond acceptors (Lipinski definition) is 4. The van der Waals surface area contributed by atoms with Crippen molar-refractivity contribution in [2.24, 2.45) is 0 Å². The Morgan fingerprint density at radius 3 is 2.48 bits per heavy atom. The first kappa shape index (κ1) is 24.4.